The Balaban J connectivity index is 1.10. The number of hydrogen-bond acceptors (Lipinski definition) is 21. The number of aryl methyl sites for hydroxylation is 1. The Hall–Kier alpha value is -3.70. The molecule has 0 amide bonds. The lowest BCUT2D eigenvalue weighted by Gasteiger charge is -2.47. The van der Waals surface area contributed by atoms with E-state index in [0.717, 1.165) is 22.5 Å². The molecule has 2 fully saturated rings. The lowest BCUT2D eigenvalue weighted by atomic mass is 9.79. The van der Waals surface area contributed by atoms with Crippen LogP contribution in [0, 0.1) is 23.7 Å². The third-order valence-electron chi connectivity index (χ3n) is 14.0. The SMILES string of the molecule is COC1C(OC[C@H]2/C=C(C)/C=C/C(=O)[C@H](C)C[C@H](CC=O)[C@H](OC3OC(C)C(O)C(N(C)CCc4cn(CCCOc5ccc(-c6cnns6)cc5)nn4)C3O)[C@@H](C)[C@H](O)CC(=O)O[C@@H]2I)OC(C)C(O)C1OC. The molecule has 3 aliphatic heterocycles. The maximum atomic E-state index is 13.7. The number of aliphatic hydroxyl groups excluding tert-OH is 4. The Kier molecular flexibility index (Phi) is 23.0. The van der Waals surface area contributed by atoms with Crippen LogP contribution in [0.25, 0.3) is 10.4 Å². The van der Waals surface area contributed by atoms with E-state index >= 15 is 0 Å². The topological polar surface area (TPSA) is 266 Å². The van der Waals surface area contributed by atoms with Crippen molar-refractivity contribution in [2.75, 3.05) is 41.0 Å². The largest absolute Gasteiger partial charge is 0.494 e. The quantitative estimate of drug-likeness (QED) is 0.0438. The summed E-state index contributed by atoms with van der Waals surface area (Å²) in [6, 6.07) is 6.88. The summed E-state index contributed by atoms with van der Waals surface area (Å²) >= 11 is 3.31. The van der Waals surface area contributed by atoms with Gasteiger partial charge in [-0.15, -0.1) is 10.2 Å². The molecule has 0 bridgehead atoms. The van der Waals surface area contributed by atoms with E-state index in [1.165, 1.54) is 31.8 Å². The van der Waals surface area contributed by atoms with Gasteiger partial charge in [0.15, 0.2) is 22.5 Å². The fourth-order valence-corrected chi connectivity index (χ4v) is 10.8. The van der Waals surface area contributed by atoms with Crippen LogP contribution in [0.2, 0.25) is 0 Å². The first kappa shape index (κ1) is 59.5. The molecule has 10 unspecified atom stereocenters. The molecule has 0 saturated carbocycles. The molecule has 410 valence electrons. The van der Waals surface area contributed by atoms with Gasteiger partial charge < -0.3 is 63.1 Å². The average molecular weight is 1170 g/mol. The van der Waals surface area contributed by atoms with Gasteiger partial charge in [-0.25, -0.2) is 0 Å². The number of halogens is 1. The average Bonchev–Trinajstić information content (AvgIpc) is 4.09. The van der Waals surface area contributed by atoms with Gasteiger partial charge in [0.2, 0.25) is 0 Å². The van der Waals surface area contributed by atoms with Crippen molar-refractivity contribution in [1.29, 1.82) is 0 Å². The molecule has 3 aromatic rings. The fourth-order valence-electron chi connectivity index (χ4n) is 9.61. The van der Waals surface area contributed by atoms with E-state index in [-0.39, 0.29) is 25.2 Å². The van der Waals surface area contributed by atoms with Crippen LogP contribution in [0.4, 0.5) is 0 Å². The summed E-state index contributed by atoms with van der Waals surface area (Å²) in [4.78, 5) is 42.6. The van der Waals surface area contributed by atoms with Crippen LogP contribution in [0.3, 0.4) is 0 Å². The monoisotopic (exact) mass is 1170 g/mol. The minimum atomic E-state index is -1.42. The molecule has 0 spiro atoms. The smallest absolute Gasteiger partial charge is 0.309 e. The van der Waals surface area contributed by atoms with Crippen LogP contribution in [-0.2, 0) is 60.5 Å². The van der Waals surface area contributed by atoms with Crippen LogP contribution in [0.15, 0.2) is 60.5 Å². The number of esters is 1. The van der Waals surface area contributed by atoms with E-state index in [2.05, 4.69) is 19.9 Å². The number of ketones is 1. The van der Waals surface area contributed by atoms with Gasteiger partial charge in [-0.1, -0.05) is 41.3 Å². The van der Waals surface area contributed by atoms with E-state index < -0.39 is 114 Å². The van der Waals surface area contributed by atoms with Gasteiger partial charge in [-0.2, -0.15) is 0 Å². The molecule has 0 aliphatic carbocycles. The molecule has 21 nitrogen and oxygen atoms in total. The van der Waals surface area contributed by atoms with Crippen LogP contribution in [-0.4, -0.2) is 187 Å². The second-order valence-corrected chi connectivity index (χ2v) is 21.5. The fraction of sp³-hybridized carbons (Fsp3) is 0.667. The number of benzene rings is 1. The minimum Gasteiger partial charge on any atom is -0.494 e. The first-order chi connectivity index (χ1) is 35.4. The minimum absolute atomic E-state index is 0.0287. The van der Waals surface area contributed by atoms with Crippen LogP contribution in [0.5, 0.6) is 5.75 Å². The summed E-state index contributed by atoms with van der Waals surface area (Å²) in [5.41, 5.74) is 2.40. The highest BCUT2D eigenvalue weighted by Gasteiger charge is 2.48. The molecule has 23 heteroatoms. The van der Waals surface area contributed by atoms with Gasteiger partial charge in [0, 0.05) is 70.5 Å². The van der Waals surface area contributed by atoms with Crippen molar-refractivity contribution in [2.45, 2.75) is 151 Å². The number of rotatable bonds is 19. The van der Waals surface area contributed by atoms with Crippen molar-refractivity contribution in [1.82, 2.24) is 29.5 Å². The number of hydrogen-bond donors (Lipinski definition) is 4. The van der Waals surface area contributed by atoms with Gasteiger partial charge in [0.05, 0.1) is 73.0 Å². The molecule has 3 aliphatic rings. The summed E-state index contributed by atoms with van der Waals surface area (Å²) in [7, 11) is 4.69. The van der Waals surface area contributed by atoms with Crippen molar-refractivity contribution >= 4 is 52.2 Å². The zero-order valence-electron chi connectivity index (χ0n) is 43.2. The number of cyclic esters (lactones) is 1. The Bertz CT molecular complexity index is 2280. The van der Waals surface area contributed by atoms with Crippen molar-refractivity contribution < 1.29 is 72.7 Å². The number of carbonyl (C=O) groups excluding carboxylic acids is 3. The maximum Gasteiger partial charge on any atom is 0.309 e. The van der Waals surface area contributed by atoms with E-state index in [1.807, 2.05) is 64.0 Å². The second-order valence-electron chi connectivity index (χ2n) is 19.5. The van der Waals surface area contributed by atoms with Crippen molar-refractivity contribution in [2.24, 2.45) is 23.7 Å². The van der Waals surface area contributed by atoms with E-state index in [0.29, 0.717) is 43.8 Å². The standard InChI is InChI=1S/C51H73IN6O15S/c1-28-10-15-38(60)29(2)23-34(17-20-59)46(30(3)39(61)24-41(62)72-49(52)35(22-28)27-69-51-48(67-8)47(66-7)44(64)32(5)71-51)73-50-45(65)42(43(63)31(4)70-50)57(6)19-16-36-26-58(55-54-36)18-9-21-68-37-13-11-33(12-14-37)40-25-53-56-74-40/h10-15,20,22,25-26,29-32,34-35,39,42-51,61,63-65H,9,16-19,21,23-24,27H2,1-8H3/b15-10+,28-22+/t29-,30+,31?,32?,34+,35-,39-,42?,43?,44?,45?,46-,47?,48?,49+,50?,51?/m1/s1. The van der Waals surface area contributed by atoms with Crippen LogP contribution in [0.1, 0.15) is 66.0 Å². The molecule has 74 heavy (non-hydrogen) atoms. The van der Waals surface area contributed by atoms with E-state index in [4.69, 9.17) is 37.9 Å². The number of carbonyl (C=O) groups is 3. The highest BCUT2D eigenvalue weighted by molar-refractivity contribution is 14.1. The summed E-state index contributed by atoms with van der Waals surface area (Å²) in [6.45, 7) is 9.95. The number of aliphatic hydroxyl groups is 4. The zero-order valence-corrected chi connectivity index (χ0v) is 46.2. The third kappa shape index (κ3) is 15.9. The van der Waals surface area contributed by atoms with Gasteiger partial charge in [-0.05, 0) is 110 Å². The van der Waals surface area contributed by atoms with E-state index in [9.17, 15) is 34.8 Å². The summed E-state index contributed by atoms with van der Waals surface area (Å²) in [6.07, 6.45) is -1.22. The first-order valence-corrected chi connectivity index (χ1v) is 27.1. The number of likely N-dealkylation sites (N-methyl/N-ethyl adjacent to an activating group) is 1. The molecular weight excluding hydrogens is 1100 g/mol. The Morgan fingerprint density at radius 1 is 0.946 bits per heavy atom. The van der Waals surface area contributed by atoms with Crippen molar-refractivity contribution in [3.8, 4) is 16.2 Å². The highest BCUT2D eigenvalue weighted by Crippen LogP contribution is 2.35. The number of alkyl halides is 1. The molecule has 6 rings (SSSR count). The third-order valence-corrected chi connectivity index (χ3v) is 15.9. The molecule has 0 radical (unpaired) electrons. The molecule has 17 atom stereocenters. The molecular formula is C51H73IN6O15S. The number of nitrogens with zero attached hydrogens (tertiary/aromatic N) is 6. The van der Waals surface area contributed by atoms with Crippen molar-refractivity contribution in [3.05, 3.63) is 66.2 Å². The van der Waals surface area contributed by atoms with Crippen LogP contribution >= 0.6 is 34.1 Å². The second kappa shape index (κ2) is 28.6. The number of aldehydes is 1. The van der Waals surface area contributed by atoms with Gasteiger partial charge in [-0.3, -0.25) is 19.2 Å². The van der Waals surface area contributed by atoms with Gasteiger partial charge in [0.1, 0.15) is 36.5 Å². The number of ether oxygens (including phenoxy) is 8. The van der Waals surface area contributed by atoms with E-state index in [1.54, 1.807) is 58.6 Å². The van der Waals surface area contributed by atoms with Crippen molar-refractivity contribution in [3.63, 3.8) is 0 Å². The molecule has 1 aromatic carbocycles. The lowest BCUT2D eigenvalue weighted by molar-refractivity contribution is -0.305. The Labute approximate surface area is 450 Å². The maximum absolute atomic E-state index is 13.7. The summed E-state index contributed by atoms with van der Waals surface area (Å²) in [5, 5.41) is 58.4. The Morgan fingerprint density at radius 3 is 2.35 bits per heavy atom. The zero-order chi connectivity index (χ0) is 53.6. The summed E-state index contributed by atoms with van der Waals surface area (Å²) < 4.78 is 52.8. The number of allylic oxidation sites excluding steroid dienone is 3. The molecule has 2 aromatic heterocycles. The molecule has 4 N–H and O–H groups in total. The molecule has 5 heterocycles. The summed E-state index contributed by atoms with van der Waals surface area (Å²) in [5.74, 6) is -2.93. The predicted octanol–water partition coefficient (Wildman–Crippen LogP) is 3.74. The molecule has 2 saturated heterocycles. The van der Waals surface area contributed by atoms with Crippen LogP contribution < -0.4 is 4.74 Å². The lowest BCUT2D eigenvalue weighted by Crippen LogP contribution is -2.64. The number of methoxy groups -OCH3 is 2. The predicted molar refractivity (Wildman–Crippen MR) is 278 cm³/mol. The highest BCUT2D eigenvalue weighted by atomic mass is 127. The van der Waals surface area contributed by atoms with Gasteiger partial charge >= 0.3 is 5.97 Å². The Morgan fingerprint density at radius 2 is 1.66 bits per heavy atom. The normalized spacial score (nSPS) is 34.9. The first-order valence-electron chi connectivity index (χ1n) is 25.1. The number of aromatic nitrogens is 5. The van der Waals surface area contributed by atoms with Gasteiger partial charge in [0.25, 0.3) is 0 Å².